The monoisotopic (exact) mass is 358 g/mol. The van der Waals surface area contributed by atoms with Crippen LogP contribution in [0.2, 0.25) is 0 Å². The molecule has 1 aromatic carbocycles. The van der Waals surface area contributed by atoms with Gasteiger partial charge in [0.1, 0.15) is 0 Å². The number of likely N-dealkylation sites (tertiary alicyclic amines) is 1. The van der Waals surface area contributed by atoms with Crippen molar-refractivity contribution in [3.8, 4) is 0 Å². The molecule has 0 spiro atoms. The fourth-order valence-corrected chi connectivity index (χ4v) is 3.39. The van der Waals surface area contributed by atoms with Gasteiger partial charge in [-0.1, -0.05) is 24.3 Å². The van der Waals surface area contributed by atoms with Crippen LogP contribution in [0.5, 0.6) is 0 Å². The molecule has 0 unspecified atom stereocenters. The molecule has 0 bridgehead atoms. The van der Waals surface area contributed by atoms with Crippen LogP contribution in [-0.2, 0) is 20.5 Å². The number of nitrogens with zero attached hydrogens (tertiary/aromatic N) is 1. The molecule has 0 saturated carbocycles. The molecule has 2 aliphatic rings. The number of nitrogens with one attached hydrogen (secondary N) is 1. The van der Waals surface area contributed by atoms with E-state index in [1.54, 1.807) is 0 Å². The van der Waals surface area contributed by atoms with E-state index in [4.69, 9.17) is 9.31 Å². The molecule has 142 valence electrons. The Labute approximate surface area is 157 Å². The lowest BCUT2D eigenvalue weighted by atomic mass is 9.79. The average Bonchev–Trinajstić information content (AvgIpc) is 2.78. The molecule has 5 nitrogen and oxygen atoms in total. The van der Waals surface area contributed by atoms with Gasteiger partial charge in [0.15, 0.2) is 0 Å². The summed E-state index contributed by atoms with van der Waals surface area (Å²) in [6.07, 6.45) is 2.47. The molecule has 26 heavy (non-hydrogen) atoms. The van der Waals surface area contributed by atoms with Crippen LogP contribution in [0.1, 0.15) is 46.1 Å². The van der Waals surface area contributed by atoms with Crippen molar-refractivity contribution in [3.05, 3.63) is 29.8 Å². The molecule has 3 rings (SSSR count). The van der Waals surface area contributed by atoms with E-state index in [0.29, 0.717) is 12.5 Å². The first kappa shape index (κ1) is 19.4. The molecular formula is C20H31BN2O3. The summed E-state index contributed by atoms with van der Waals surface area (Å²) >= 11 is 0. The maximum Gasteiger partial charge on any atom is 0.494 e. The topological polar surface area (TPSA) is 50.8 Å². The Bertz CT molecular complexity index is 621. The molecule has 1 amide bonds. The molecule has 2 aliphatic heterocycles. The Balaban J connectivity index is 1.54. The summed E-state index contributed by atoms with van der Waals surface area (Å²) in [7, 11) is 1.77. The normalized spacial score (nSPS) is 23.2. The van der Waals surface area contributed by atoms with E-state index in [-0.39, 0.29) is 24.2 Å². The Morgan fingerprint density at radius 2 is 1.65 bits per heavy atom. The highest BCUT2D eigenvalue weighted by Crippen LogP contribution is 2.36. The summed E-state index contributed by atoms with van der Waals surface area (Å²) in [6.45, 7) is 10.3. The third-order valence-electron chi connectivity index (χ3n) is 5.95. The minimum absolute atomic E-state index is 0.0999. The van der Waals surface area contributed by atoms with Gasteiger partial charge < -0.3 is 19.5 Å². The van der Waals surface area contributed by atoms with Crippen molar-refractivity contribution < 1.29 is 14.1 Å². The van der Waals surface area contributed by atoms with E-state index in [2.05, 4.69) is 45.0 Å². The molecule has 1 N–H and O–H groups in total. The number of piperidine rings is 1. The number of carbonyl (C=O) groups excluding carboxylic acids is 1. The van der Waals surface area contributed by atoms with Gasteiger partial charge in [-0.2, -0.15) is 0 Å². The maximum absolute atomic E-state index is 12.3. The molecule has 1 aromatic rings. The molecule has 2 heterocycles. The molecule has 6 heteroatoms. The van der Waals surface area contributed by atoms with E-state index >= 15 is 0 Å². The van der Waals surface area contributed by atoms with Crippen LogP contribution in [0.25, 0.3) is 0 Å². The van der Waals surface area contributed by atoms with Crippen molar-refractivity contribution in [3.63, 3.8) is 0 Å². The number of amides is 1. The quantitative estimate of drug-likeness (QED) is 0.833. The highest BCUT2D eigenvalue weighted by Gasteiger charge is 2.51. The zero-order valence-corrected chi connectivity index (χ0v) is 16.7. The second-order valence-electron chi connectivity index (χ2n) is 8.65. The minimum Gasteiger partial charge on any atom is -0.399 e. The number of rotatable bonds is 4. The first-order chi connectivity index (χ1) is 12.2. The molecule has 0 aromatic heterocycles. The minimum atomic E-state index is -0.359. The van der Waals surface area contributed by atoms with Crippen molar-refractivity contribution in [1.29, 1.82) is 0 Å². The van der Waals surface area contributed by atoms with Crippen LogP contribution in [0.15, 0.2) is 24.3 Å². The molecule has 2 fully saturated rings. The Hall–Kier alpha value is -1.37. The molecular weight excluding hydrogens is 327 g/mol. The molecule has 2 saturated heterocycles. The van der Waals surface area contributed by atoms with Gasteiger partial charge in [0.05, 0.1) is 17.6 Å². The summed E-state index contributed by atoms with van der Waals surface area (Å²) in [5, 5.41) is 3.16. The Morgan fingerprint density at radius 3 is 2.19 bits per heavy atom. The van der Waals surface area contributed by atoms with Crippen molar-refractivity contribution in [2.75, 3.05) is 20.1 Å². The zero-order chi connectivity index (χ0) is 18.9. The number of hydrogen-bond acceptors (Lipinski definition) is 4. The van der Waals surface area contributed by atoms with Crippen LogP contribution < -0.4 is 10.8 Å². The van der Waals surface area contributed by atoms with Crippen LogP contribution in [0, 0.1) is 0 Å². The predicted molar refractivity (Wildman–Crippen MR) is 105 cm³/mol. The van der Waals surface area contributed by atoms with E-state index in [9.17, 15) is 4.79 Å². The largest absolute Gasteiger partial charge is 0.494 e. The first-order valence-corrected chi connectivity index (χ1v) is 9.59. The van der Waals surface area contributed by atoms with E-state index in [1.165, 1.54) is 0 Å². The summed E-state index contributed by atoms with van der Waals surface area (Å²) < 4.78 is 12.1. The van der Waals surface area contributed by atoms with Gasteiger partial charge in [0.2, 0.25) is 5.91 Å². The number of hydrogen-bond donors (Lipinski definition) is 1. The lowest BCUT2D eigenvalue weighted by Gasteiger charge is -2.32. The highest BCUT2D eigenvalue weighted by molar-refractivity contribution is 6.62. The van der Waals surface area contributed by atoms with Crippen molar-refractivity contribution in [1.82, 2.24) is 10.2 Å². The summed E-state index contributed by atoms with van der Waals surface area (Å²) in [6, 6.07) is 8.30. The summed E-state index contributed by atoms with van der Waals surface area (Å²) in [5.41, 5.74) is 1.31. The second kappa shape index (κ2) is 7.33. The van der Waals surface area contributed by atoms with Gasteiger partial charge in [0, 0.05) is 6.04 Å². The Kier molecular flexibility index (Phi) is 5.47. The van der Waals surface area contributed by atoms with E-state index in [1.807, 2.05) is 24.3 Å². The average molecular weight is 358 g/mol. The second-order valence-corrected chi connectivity index (χ2v) is 8.65. The number of carbonyl (C=O) groups is 1. The van der Waals surface area contributed by atoms with Gasteiger partial charge in [-0.05, 0) is 71.7 Å². The fourth-order valence-electron chi connectivity index (χ4n) is 3.39. The summed E-state index contributed by atoms with van der Waals surface area (Å²) in [5.74, 6) is 0.0999. The number of benzene rings is 1. The van der Waals surface area contributed by atoms with Crippen LogP contribution >= 0.6 is 0 Å². The van der Waals surface area contributed by atoms with Crippen LogP contribution in [0.4, 0.5) is 0 Å². The zero-order valence-electron chi connectivity index (χ0n) is 16.7. The van der Waals surface area contributed by atoms with Gasteiger partial charge in [-0.15, -0.1) is 0 Å². The molecule has 0 radical (unpaired) electrons. The summed E-state index contributed by atoms with van der Waals surface area (Å²) in [4.78, 5) is 14.6. The fraction of sp³-hybridized carbons (Fsp3) is 0.650. The molecule has 0 atom stereocenters. The van der Waals surface area contributed by atoms with Gasteiger partial charge in [0.25, 0.3) is 0 Å². The van der Waals surface area contributed by atoms with Gasteiger partial charge >= 0.3 is 7.12 Å². The van der Waals surface area contributed by atoms with E-state index in [0.717, 1.165) is 37.0 Å². The predicted octanol–water partition coefficient (Wildman–Crippen LogP) is 1.74. The maximum atomic E-state index is 12.3. The van der Waals surface area contributed by atoms with Crippen LogP contribution in [-0.4, -0.2) is 55.3 Å². The highest BCUT2D eigenvalue weighted by atomic mass is 16.7. The third kappa shape index (κ3) is 4.30. The van der Waals surface area contributed by atoms with Crippen molar-refractivity contribution in [2.45, 2.75) is 64.2 Å². The Morgan fingerprint density at radius 1 is 1.12 bits per heavy atom. The molecule has 0 aliphatic carbocycles. The lowest BCUT2D eigenvalue weighted by Crippen LogP contribution is -2.43. The first-order valence-electron chi connectivity index (χ1n) is 9.59. The van der Waals surface area contributed by atoms with Crippen LogP contribution in [0.3, 0.4) is 0 Å². The van der Waals surface area contributed by atoms with Gasteiger partial charge in [-0.3, -0.25) is 4.79 Å². The van der Waals surface area contributed by atoms with Crippen molar-refractivity contribution >= 4 is 18.5 Å². The smallest absolute Gasteiger partial charge is 0.399 e. The SMILES string of the molecule is CN1CCC(NC(=O)Cc2ccc(B3OC(C)(C)C(C)(C)O3)cc2)CC1. The van der Waals surface area contributed by atoms with E-state index < -0.39 is 0 Å². The third-order valence-corrected chi connectivity index (χ3v) is 5.95. The standard InChI is InChI=1S/C20H31BN2O3/c1-19(2)20(3,4)26-21(25-19)16-8-6-15(7-9-16)14-18(24)22-17-10-12-23(5)13-11-17/h6-9,17H,10-14H2,1-5H3,(H,22,24). The lowest BCUT2D eigenvalue weighted by molar-refractivity contribution is -0.121. The van der Waals surface area contributed by atoms with Gasteiger partial charge in [-0.25, -0.2) is 0 Å². The van der Waals surface area contributed by atoms with Crippen molar-refractivity contribution in [2.24, 2.45) is 0 Å².